The number of nitrogens with zero attached hydrogens (tertiary/aromatic N) is 2. The van der Waals surface area contributed by atoms with Gasteiger partial charge in [-0.2, -0.15) is 0 Å². The number of ether oxygens (including phenoxy) is 1. The summed E-state index contributed by atoms with van der Waals surface area (Å²) in [5.41, 5.74) is 2.00. The highest BCUT2D eigenvalue weighted by Crippen LogP contribution is 2.34. The van der Waals surface area contributed by atoms with Gasteiger partial charge in [0.2, 0.25) is 5.89 Å². The van der Waals surface area contributed by atoms with E-state index in [-0.39, 0.29) is 11.1 Å². The Morgan fingerprint density at radius 3 is 2.62 bits per heavy atom. The molecule has 0 amide bonds. The van der Waals surface area contributed by atoms with Crippen molar-refractivity contribution in [2.75, 3.05) is 7.11 Å². The maximum atomic E-state index is 13.0. The summed E-state index contributed by atoms with van der Waals surface area (Å²) in [6, 6.07) is 14.2. The Kier molecular flexibility index (Phi) is 5.15. The molecule has 124 valence electrons. The third kappa shape index (κ3) is 3.94. The first-order chi connectivity index (χ1) is 11.7. The van der Waals surface area contributed by atoms with Gasteiger partial charge in [0.15, 0.2) is 0 Å². The molecule has 2 aromatic carbocycles. The van der Waals surface area contributed by atoms with Crippen LogP contribution in [0.4, 0.5) is 4.39 Å². The summed E-state index contributed by atoms with van der Waals surface area (Å²) in [6.45, 7) is 2.02. The number of halogens is 1. The number of thioether (sulfide) groups is 1. The van der Waals surface area contributed by atoms with E-state index in [0.717, 1.165) is 16.9 Å². The molecule has 0 saturated heterocycles. The maximum Gasteiger partial charge on any atom is 0.277 e. The van der Waals surface area contributed by atoms with Crippen molar-refractivity contribution in [2.24, 2.45) is 0 Å². The lowest BCUT2D eigenvalue weighted by Gasteiger charge is -2.08. The van der Waals surface area contributed by atoms with Crippen LogP contribution < -0.4 is 4.74 Å². The maximum absolute atomic E-state index is 13.0. The van der Waals surface area contributed by atoms with Gasteiger partial charge in [0.1, 0.15) is 11.6 Å². The molecule has 1 heterocycles. The minimum Gasteiger partial charge on any atom is -0.496 e. The Labute approximate surface area is 144 Å². The molecule has 4 nitrogen and oxygen atoms in total. The van der Waals surface area contributed by atoms with Gasteiger partial charge < -0.3 is 9.15 Å². The van der Waals surface area contributed by atoms with E-state index < -0.39 is 0 Å². The number of hydrogen-bond acceptors (Lipinski definition) is 5. The largest absolute Gasteiger partial charge is 0.496 e. The molecule has 3 aromatic rings. The topological polar surface area (TPSA) is 48.2 Å². The molecule has 0 spiro atoms. The predicted molar refractivity (Wildman–Crippen MR) is 90.8 cm³/mol. The third-order valence-corrected chi connectivity index (χ3v) is 4.59. The highest BCUT2D eigenvalue weighted by Gasteiger charge is 2.14. The standard InChI is InChI=1S/C18H17FN2O2S/c1-12(13-7-9-15(19)10-8-13)24-18-21-20-17(23-18)11-14-5-3-4-6-16(14)22-2/h3-10,12H,11H2,1-2H3. The summed E-state index contributed by atoms with van der Waals surface area (Å²) < 4.78 is 24.0. The van der Waals surface area contributed by atoms with E-state index >= 15 is 0 Å². The second-order valence-corrected chi connectivity index (χ2v) is 6.55. The molecule has 3 rings (SSSR count). The smallest absolute Gasteiger partial charge is 0.277 e. The molecule has 0 aliphatic heterocycles. The average Bonchev–Trinajstić information content (AvgIpc) is 3.03. The van der Waals surface area contributed by atoms with Crippen LogP contribution in [0.5, 0.6) is 5.75 Å². The van der Waals surface area contributed by atoms with Crippen LogP contribution in [0, 0.1) is 5.82 Å². The van der Waals surface area contributed by atoms with Crippen LogP contribution in [0.2, 0.25) is 0 Å². The van der Waals surface area contributed by atoms with Crippen molar-refractivity contribution in [3.8, 4) is 5.75 Å². The number of para-hydroxylation sites is 1. The van der Waals surface area contributed by atoms with E-state index in [1.165, 1.54) is 23.9 Å². The summed E-state index contributed by atoms with van der Waals surface area (Å²) in [4.78, 5) is 0. The van der Waals surface area contributed by atoms with Crippen LogP contribution in [0.25, 0.3) is 0 Å². The Morgan fingerprint density at radius 2 is 1.88 bits per heavy atom. The van der Waals surface area contributed by atoms with Crippen LogP contribution in [-0.2, 0) is 6.42 Å². The first-order valence-electron chi connectivity index (χ1n) is 7.52. The molecule has 24 heavy (non-hydrogen) atoms. The lowest BCUT2D eigenvalue weighted by atomic mass is 10.1. The fourth-order valence-electron chi connectivity index (χ4n) is 2.32. The van der Waals surface area contributed by atoms with E-state index in [0.29, 0.717) is 17.5 Å². The van der Waals surface area contributed by atoms with Gasteiger partial charge >= 0.3 is 0 Å². The van der Waals surface area contributed by atoms with Gasteiger partial charge in [-0.15, -0.1) is 10.2 Å². The number of rotatable bonds is 6. The molecule has 0 N–H and O–H groups in total. The van der Waals surface area contributed by atoms with Gasteiger partial charge in [0.05, 0.1) is 13.5 Å². The number of benzene rings is 2. The first-order valence-corrected chi connectivity index (χ1v) is 8.40. The number of methoxy groups -OCH3 is 1. The van der Waals surface area contributed by atoms with E-state index in [2.05, 4.69) is 10.2 Å². The highest BCUT2D eigenvalue weighted by molar-refractivity contribution is 7.99. The van der Waals surface area contributed by atoms with Crippen molar-refractivity contribution in [1.82, 2.24) is 10.2 Å². The van der Waals surface area contributed by atoms with Gasteiger partial charge in [-0.25, -0.2) is 4.39 Å². The molecule has 0 aliphatic carbocycles. The number of hydrogen-bond donors (Lipinski definition) is 0. The van der Waals surface area contributed by atoms with Crippen LogP contribution in [0.1, 0.15) is 29.2 Å². The molecule has 0 bridgehead atoms. The van der Waals surface area contributed by atoms with Crippen molar-refractivity contribution in [3.63, 3.8) is 0 Å². The Balaban J connectivity index is 1.68. The lowest BCUT2D eigenvalue weighted by molar-refractivity contribution is 0.400. The molecular formula is C18H17FN2O2S. The fraction of sp³-hybridized carbons (Fsp3) is 0.222. The quantitative estimate of drug-likeness (QED) is 0.609. The molecule has 0 saturated carbocycles. The lowest BCUT2D eigenvalue weighted by Crippen LogP contribution is -1.93. The molecule has 6 heteroatoms. The van der Waals surface area contributed by atoms with E-state index in [4.69, 9.17) is 9.15 Å². The summed E-state index contributed by atoms with van der Waals surface area (Å²) in [7, 11) is 1.64. The molecule has 1 aromatic heterocycles. The minimum absolute atomic E-state index is 0.0881. The fourth-order valence-corrected chi connectivity index (χ4v) is 3.15. The zero-order valence-corrected chi connectivity index (χ0v) is 14.2. The van der Waals surface area contributed by atoms with Gasteiger partial charge in [-0.05, 0) is 30.7 Å². The number of aromatic nitrogens is 2. The summed E-state index contributed by atoms with van der Waals surface area (Å²) in [5, 5.41) is 8.76. The van der Waals surface area contributed by atoms with Crippen molar-refractivity contribution in [3.05, 3.63) is 71.4 Å². The molecule has 1 unspecified atom stereocenters. The SMILES string of the molecule is COc1ccccc1Cc1nnc(SC(C)c2ccc(F)cc2)o1. The third-order valence-electron chi connectivity index (χ3n) is 3.60. The van der Waals surface area contributed by atoms with Crippen LogP contribution >= 0.6 is 11.8 Å². The monoisotopic (exact) mass is 344 g/mol. The predicted octanol–water partition coefficient (Wildman–Crippen LogP) is 4.66. The Hall–Kier alpha value is -2.34. The van der Waals surface area contributed by atoms with Gasteiger partial charge in [-0.1, -0.05) is 42.1 Å². The molecule has 0 fully saturated rings. The van der Waals surface area contributed by atoms with E-state index in [9.17, 15) is 4.39 Å². The zero-order chi connectivity index (χ0) is 16.9. The van der Waals surface area contributed by atoms with Crippen molar-refractivity contribution < 1.29 is 13.5 Å². The van der Waals surface area contributed by atoms with Crippen LogP contribution in [0.3, 0.4) is 0 Å². The Bertz CT molecular complexity index is 805. The van der Waals surface area contributed by atoms with E-state index in [1.807, 2.05) is 31.2 Å². The second-order valence-electron chi connectivity index (χ2n) is 5.26. The first kappa shape index (κ1) is 16.5. The summed E-state index contributed by atoms with van der Waals surface area (Å²) in [5.74, 6) is 1.09. The summed E-state index contributed by atoms with van der Waals surface area (Å²) in [6.07, 6.45) is 0.516. The van der Waals surface area contributed by atoms with E-state index in [1.54, 1.807) is 19.2 Å². The highest BCUT2D eigenvalue weighted by atomic mass is 32.2. The normalized spacial score (nSPS) is 12.1. The van der Waals surface area contributed by atoms with Crippen molar-refractivity contribution >= 4 is 11.8 Å². The van der Waals surface area contributed by atoms with Crippen LogP contribution in [-0.4, -0.2) is 17.3 Å². The van der Waals surface area contributed by atoms with Crippen LogP contribution in [0.15, 0.2) is 58.2 Å². The van der Waals surface area contributed by atoms with Gasteiger partial charge in [0, 0.05) is 10.8 Å². The molecular weight excluding hydrogens is 327 g/mol. The molecule has 1 atom stereocenters. The van der Waals surface area contributed by atoms with Gasteiger partial charge in [-0.3, -0.25) is 0 Å². The second kappa shape index (κ2) is 7.49. The molecule has 0 aliphatic rings. The Morgan fingerprint density at radius 1 is 1.12 bits per heavy atom. The summed E-state index contributed by atoms with van der Waals surface area (Å²) >= 11 is 1.45. The van der Waals surface area contributed by atoms with Gasteiger partial charge in [0.25, 0.3) is 5.22 Å². The average molecular weight is 344 g/mol. The van der Waals surface area contributed by atoms with Crippen molar-refractivity contribution in [1.29, 1.82) is 0 Å². The van der Waals surface area contributed by atoms with Crippen molar-refractivity contribution in [2.45, 2.75) is 23.8 Å². The molecule has 0 radical (unpaired) electrons. The minimum atomic E-state index is -0.243. The zero-order valence-electron chi connectivity index (χ0n) is 13.4.